The third kappa shape index (κ3) is 4.83. The number of rotatable bonds is 6. The van der Waals surface area contributed by atoms with Crippen LogP contribution in [0.15, 0.2) is 28.8 Å². The highest BCUT2D eigenvalue weighted by molar-refractivity contribution is 5.77. The lowest BCUT2D eigenvalue weighted by molar-refractivity contribution is -0.141. The number of likely N-dealkylation sites (tertiary alicyclic amines) is 1. The highest BCUT2D eigenvalue weighted by Crippen LogP contribution is 2.32. The molecule has 31 heavy (non-hydrogen) atoms. The number of carbonyl (C=O) groups is 1. The summed E-state index contributed by atoms with van der Waals surface area (Å²) in [6.07, 6.45) is -2.22. The Balaban J connectivity index is 1.32. The monoisotopic (exact) mass is 436 g/mol. The van der Waals surface area contributed by atoms with Crippen molar-refractivity contribution in [3.05, 3.63) is 41.4 Å². The van der Waals surface area contributed by atoms with Crippen LogP contribution in [0.1, 0.15) is 49.3 Å². The summed E-state index contributed by atoms with van der Waals surface area (Å²) in [7, 11) is 0. The van der Waals surface area contributed by atoms with E-state index < -0.39 is 11.9 Å². The van der Waals surface area contributed by atoms with Crippen LogP contribution in [0.2, 0.25) is 0 Å². The number of H-pyrrole nitrogens is 1. The predicted molar refractivity (Wildman–Crippen MR) is 106 cm³/mol. The molecular weight excluding hydrogens is 413 g/mol. The van der Waals surface area contributed by atoms with Gasteiger partial charge in [-0.25, -0.2) is 4.98 Å². The van der Waals surface area contributed by atoms with E-state index in [2.05, 4.69) is 15.1 Å². The topological polar surface area (TPSA) is 84.2 Å². The molecule has 0 aromatic carbocycles. The van der Waals surface area contributed by atoms with Crippen molar-refractivity contribution in [1.82, 2.24) is 20.0 Å². The molecule has 10 heteroatoms. The Morgan fingerprint density at radius 1 is 1.29 bits per heavy atom. The molecule has 0 bridgehead atoms. The summed E-state index contributed by atoms with van der Waals surface area (Å²) in [4.78, 5) is 21.3. The van der Waals surface area contributed by atoms with E-state index in [4.69, 9.17) is 9.26 Å². The van der Waals surface area contributed by atoms with Gasteiger partial charge in [0.05, 0.1) is 17.6 Å². The molecule has 0 atom stereocenters. The number of nitrogens with zero attached hydrogens (tertiary/aromatic N) is 3. The highest BCUT2D eigenvalue weighted by atomic mass is 19.4. The number of amides is 1. The van der Waals surface area contributed by atoms with Crippen LogP contribution < -0.4 is 4.74 Å². The number of hydrogen-bond acceptors (Lipinski definition) is 5. The number of aromatic nitrogens is 3. The Bertz CT molecular complexity index is 1050. The Morgan fingerprint density at radius 3 is 2.77 bits per heavy atom. The molecule has 1 N–H and O–H groups in total. The lowest BCUT2D eigenvalue weighted by atomic mass is 9.93. The molecule has 4 rings (SSSR count). The fourth-order valence-corrected chi connectivity index (χ4v) is 3.86. The van der Waals surface area contributed by atoms with E-state index in [-0.39, 0.29) is 11.8 Å². The summed E-state index contributed by atoms with van der Waals surface area (Å²) in [6, 6.07) is 5.77. The van der Waals surface area contributed by atoms with Gasteiger partial charge >= 0.3 is 6.18 Å². The van der Waals surface area contributed by atoms with Crippen LogP contribution in [-0.4, -0.2) is 45.6 Å². The van der Waals surface area contributed by atoms with E-state index in [1.54, 1.807) is 12.1 Å². The molecule has 0 saturated carbocycles. The summed E-state index contributed by atoms with van der Waals surface area (Å²) in [6.45, 7) is 3.55. The van der Waals surface area contributed by atoms with Crippen LogP contribution in [0.3, 0.4) is 0 Å². The Hall–Kier alpha value is -3.04. The van der Waals surface area contributed by atoms with Gasteiger partial charge in [-0.2, -0.15) is 13.2 Å². The van der Waals surface area contributed by atoms with Gasteiger partial charge in [-0.05, 0) is 43.1 Å². The Kier molecular flexibility index (Phi) is 5.88. The molecule has 7 nitrogen and oxygen atoms in total. The van der Waals surface area contributed by atoms with E-state index in [0.717, 1.165) is 24.6 Å². The predicted octanol–water partition coefficient (Wildman–Crippen LogP) is 4.31. The molecule has 3 aromatic heterocycles. The van der Waals surface area contributed by atoms with Crippen molar-refractivity contribution in [2.24, 2.45) is 0 Å². The lowest BCUT2D eigenvalue weighted by Gasteiger charge is -2.31. The number of halogens is 3. The zero-order valence-corrected chi connectivity index (χ0v) is 17.0. The van der Waals surface area contributed by atoms with Crippen molar-refractivity contribution in [2.75, 3.05) is 19.7 Å². The van der Waals surface area contributed by atoms with Crippen molar-refractivity contribution in [3.63, 3.8) is 0 Å². The number of nitrogens with one attached hydrogen (secondary N) is 1. The van der Waals surface area contributed by atoms with Crippen molar-refractivity contribution in [3.8, 4) is 5.88 Å². The number of aryl methyl sites for hydroxylation is 1. The highest BCUT2D eigenvalue weighted by Gasteiger charge is 2.33. The molecule has 166 valence electrons. The summed E-state index contributed by atoms with van der Waals surface area (Å²) < 4.78 is 49.0. The van der Waals surface area contributed by atoms with Gasteiger partial charge in [0.1, 0.15) is 11.5 Å². The maximum atomic E-state index is 12.9. The number of ether oxygens (including phenoxy) is 1. The number of carbonyl (C=O) groups excluding carboxylic acids is 1. The van der Waals surface area contributed by atoms with Gasteiger partial charge in [-0.15, -0.1) is 0 Å². The van der Waals surface area contributed by atoms with Gasteiger partial charge in [-0.3, -0.25) is 4.79 Å². The molecule has 1 aliphatic heterocycles. The van der Waals surface area contributed by atoms with E-state index in [0.29, 0.717) is 55.2 Å². The molecular formula is C21H23F3N4O3. The van der Waals surface area contributed by atoms with Gasteiger partial charge in [-0.1, -0.05) is 0 Å². The maximum Gasteiger partial charge on any atom is 0.433 e. The molecule has 1 saturated heterocycles. The second kappa shape index (κ2) is 8.60. The van der Waals surface area contributed by atoms with Gasteiger partial charge in [0, 0.05) is 43.6 Å². The Labute approximate surface area is 176 Å². The van der Waals surface area contributed by atoms with Gasteiger partial charge in [0.15, 0.2) is 0 Å². The first-order chi connectivity index (χ1) is 14.8. The number of aromatic amines is 1. The van der Waals surface area contributed by atoms with Crippen LogP contribution in [0.25, 0.3) is 11.0 Å². The standard InChI is InChI=1S/C21H23F3N4O3/c1-2-30-19-11-14(31-27-19)3-6-20(29)28-9-7-13(8-10-28)16-12-17-15(25-16)4-5-18(26-17)21(22,23)24/h4-5,11-13,25H,2-3,6-10H2,1H3. The van der Waals surface area contributed by atoms with E-state index in [1.807, 2.05) is 11.8 Å². The third-order valence-electron chi connectivity index (χ3n) is 5.49. The molecule has 0 aliphatic carbocycles. The normalized spacial score (nSPS) is 15.5. The molecule has 4 heterocycles. The fourth-order valence-electron chi connectivity index (χ4n) is 3.86. The zero-order chi connectivity index (χ0) is 22.0. The maximum absolute atomic E-state index is 12.9. The second-order valence-electron chi connectivity index (χ2n) is 7.57. The van der Waals surface area contributed by atoms with E-state index in [1.165, 1.54) is 6.07 Å². The molecule has 1 amide bonds. The quantitative estimate of drug-likeness (QED) is 0.623. The van der Waals surface area contributed by atoms with Gasteiger partial charge < -0.3 is 19.1 Å². The summed E-state index contributed by atoms with van der Waals surface area (Å²) in [5.41, 5.74) is 0.854. The lowest BCUT2D eigenvalue weighted by Crippen LogP contribution is -2.38. The average Bonchev–Trinajstić information content (AvgIpc) is 3.38. The van der Waals surface area contributed by atoms with E-state index in [9.17, 15) is 18.0 Å². The van der Waals surface area contributed by atoms with Crippen molar-refractivity contribution in [1.29, 1.82) is 0 Å². The van der Waals surface area contributed by atoms with Crippen molar-refractivity contribution in [2.45, 2.75) is 44.7 Å². The largest absolute Gasteiger partial charge is 0.476 e. The minimum absolute atomic E-state index is 0.0425. The van der Waals surface area contributed by atoms with E-state index >= 15 is 0 Å². The summed E-state index contributed by atoms with van der Waals surface area (Å²) >= 11 is 0. The fraction of sp³-hybridized carbons (Fsp3) is 0.476. The second-order valence-corrected chi connectivity index (χ2v) is 7.57. The minimum Gasteiger partial charge on any atom is -0.476 e. The Morgan fingerprint density at radius 2 is 2.06 bits per heavy atom. The SMILES string of the molecule is CCOc1cc(CCC(=O)N2CCC(c3cc4nc(C(F)(F)F)ccc4[nH]3)CC2)on1. The number of piperidine rings is 1. The third-order valence-corrected chi connectivity index (χ3v) is 5.49. The summed E-state index contributed by atoms with van der Waals surface area (Å²) in [5, 5.41) is 3.78. The number of pyridine rings is 1. The van der Waals surface area contributed by atoms with Crippen LogP contribution in [0, 0.1) is 0 Å². The molecule has 0 radical (unpaired) electrons. The first-order valence-corrected chi connectivity index (χ1v) is 10.3. The van der Waals surface area contributed by atoms with Crippen molar-refractivity contribution >= 4 is 16.9 Å². The molecule has 3 aromatic rings. The smallest absolute Gasteiger partial charge is 0.433 e. The van der Waals surface area contributed by atoms with Crippen LogP contribution >= 0.6 is 0 Å². The number of hydrogen-bond donors (Lipinski definition) is 1. The van der Waals surface area contributed by atoms with Crippen LogP contribution in [-0.2, 0) is 17.4 Å². The molecule has 0 spiro atoms. The number of alkyl halides is 3. The van der Waals surface area contributed by atoms with Gasteiger partial charge in [0.25, 0.3) is 5.88 Å². The zero-order valence-electron chi connectivity index (χ0n) is 17.0. The molecule has 0 unspecified atom stereocenters. The van der Waals surface area contributed by atoms with Crippen LogP contribution in [0.4, 0.5) is 13.2 Å². The van der Waals surface area contributed by atoms with Crippen LogP contribution in [0.5, 0.6) is 5.88 Å². The summed E-state index contributed by atoms with van der Waals surface area (Å²) in [5.74, 6) is 1.22. The molecule has 1 aliphatic rings. The average molecular weight is 436 g/mol. The first kappa shape index (κ1) is 21.2. The molecule has 1 fully saturated rings. The first-order valence-electron chi connectivity index (χ1n) is 10.3. The van der Waals surface area contributed by atoms with Crippen molar-refractivity contribution < 1.29 is 27.2 Å². The minimum atomic E-state index is -4.46. The van der Waals surface area contributed by atoms with Gasteiger partial charge in [0.2, 0.25) is 5.91 Å². The number of fused-ring (bicyclic) bond motifs is 1.